The molecule has 2 nitrogen and oxygen atoms in total. The third kappa shape index (κ3) is 3.14. The van der Waals surface area contributed by atoms with Crippen LogP contribution in [0.25, 0.3) is 0 Å². The summed E-state index contributed by atoms with van der Waals surface area (Å²) in [6.07, 6.45) is 1.80. The Hall–Kier alpha value is -1.74. The molecular formula is C15H17FN2. The van der Waals surface area contributed by atoms with Gasteiger partial charge >= 0.3 is 0 Å². The Morgan fingerprint density at radius 2 is 1.94 bits per heavy atom. The van der Waals surface area contributed by atoms with Crippen molar-refractivity contribution in [2.24, 2.45) is 0 Å². The maximum absolute atomic E-state index is 12.8. The molecule has 1 aromatic carbocycles. The highest BCUT2D eigenvalue weighted by atomic mass is 19.1. The van der Waals surface area contributed by atoms with E-state index in [0.29, 0.717) is 6.54 Å². The fourth-order valence-corrected chi connectivity index (χ4v) is 1.82. The van der Waals surface area contributed by atoms with Crippen LogP contribution >= 0.6 is 0 Å². The highest BCUT2D eigenvalue weighted by Crippen LogP contribution is 2.14. The van der Waals surface area contributed by atoms with Crippen LogP contribution in [-0.2, 0) is 6.54 Å². The Morgan fingerprint density at radius 3 is 2.61 bits per heavy atom. The number of hydrogen-bond acceptors (Lipinski definition) is 2. The first-order valence-electron chi connectivity index (χ1n) is 6.06. The number of aromatic nitrogens is 1. The van der Waals surface area contributed by atoms with Gasteiger partial charge in [-0.2, -0.15) is 0 Å². The Kier molecular flexibility index (Phi) is 4.05. The van der Waals surface area contributed by atoms with E-state index in [1.165, 1.54) is 17.7 Å². The lowest BCUT2D eigenvalue weighted by Gasteiger charge is -2.14. The van der Waals surface area contributed by atoms with Gasteiger partial charge in [-0.3, -0.25) is 4.98 Å². The first-order valence-corrected chi connectivity index (χ1v) is 6.06. The third-order valence-corrected chi connectivity index (χ3v) is 3.06. The molecule has 1 aromatic heterocycles. The number of nitrogens with one attached hydrogen (secondary N) is 1. The van der Waals surface area contributed by atoms with Crippen LogP contribution in [0.5, 0.6) is 0 Å². The zero-order chi connectivity index (χ0) is 13.0. The van der Waals surface area contributed by atoms with Crippen molar-refractivity contribution in [3.63, 3.8) is 0 Å². The lowest BCUT2D eigenvalue weighted by molar-refractivity contribution is 0.563. The maximum atomic E-state index is 12.8. The number of hydrogen-bond donors (Lipinski definition) is 1. The van der Waals surface area contributed by atoms with Crippen LogP contribution in [0.4, 0.5) is 4.39 Å². The summed E-state index contributed by atoms with van der Waals surface area (Å²) in [7, 11) is 0. The highest BCUT2D eigenvalue weighted by Gasteiger charge is 2.06. The molecule has 0 aliphatic rings. The Labute approximate surface area is 107 Å². The average molecular weight is 244 g/mol. The second kappa shape index (κ2) is 5.74. The van der Waals surface area contributed by atoms with E-state index in [4.69, 9.17) is 0 Å². The maximum Gasteiger partial charge on any atom is 0.123 e. The van der Waals surface area contributed by atoms with Crippen LogP contribution in [0.3, 0.4) is 0 Å². The monoisotopic (exact) mass is 244 g/mol. The van der Waals surface area contributed by atoms with Gasteiger partial charge in [-0.25, -0.2) is 4.39 Å². The molecule has 18 heavy (non-hydrogen) atoms. The van der Waals surface area contributed by atoms with Gasteiger partial charge in [-0.1, -0.05) is 18.2 Å². The summed E-state index contributed by atoms with van der Waals surface area (Å²) in [5.41, 5.74) is 3.30. The molecule has 0 saturated heterocycles. The molecule has 0 fully saturated rings. The van der Waals surface area contributed by atoms with Gasteiger partial charge in [0.15, 0.2) is 0 Å². The first-order chi connectivity index (χ1) is 8.66. The quantitative estimate of drug-likeness (QED) is 0.891. The summed E-state index contributed by atoms with van der Waals surface area (Å²) in [4.78, 5) is 4.34. The fraction of sp³-hybridized carbons (Fsp3) is 0.267. The molecule has 1 heterocycles. The Bertz CT molecular complexity index is 508. The lowest BCUT2D eigenvalue weighted by atomic mass is 10.1. The Balaban J connectivity index is 1.98. The van der Waals surface area contributed by atoms with Crippen LogP contribution in [0.2, 0.25) is 0 Å². The SMILES string of the molecule is Cc1cccnc1CN[C@@H](C)c1ccc(F)cc1. The van der Waals surface area contributed by atoms with Gasteiger partial charge in [0.25, 0.3) is 0 Å². The highest BCUT2D eigenvalue weighted by molar-refractivity contribution is 5.21. The largest absolute Gasteiger partial charge is 0.305 e. The third-order valence-electron chi connectivity index (χ3n) is 3.06. The van der Waals surface area contributed by atoms with E-state index in [2.05, 4.69) is 17.2 Å². The number of rotatable bonds is 4. The molecule has 0 radical (unpaired) electrons. The molecular weight excluding hydrogens is 227 g/mol. The van der Waals surface area contributed by atoms with E-state index in [9.17, 15) is 4.39 Å². The number of nitrogens with zero attached hydrogens (tertiary/aromatic N) is 1. The van der Waals surface area contributed by atoms with Crippen LogP contribution in [0.15, 0.2) is 42.6 Å². The predicted octanol–water partition coefficient (Wildman–Crippen LogP) is 3.38. The zero-order valence-electron chi connectivity index (χ0n) is 10.7. The zero-order valence-corrected chi connectivity index (χ0v) is 10.7. The van der Waals surface area contributed by atoms with Crippen molar-refractivity contribution in [2.45, 2.75) is 26.4 Å². The molecule has 0 amide bonds. The molecule has 0 saturated carbocycles. The van der Waals surface area contributed by atoms with Crippen molar-refractivity contribution in [1.82, 2.24) is 10.3 Å². The minimum Gasteiger partial charge on any atom is -0.305 e. The smallest absolute Gasteiger partial charge is 0.123 e. The number of pyridine rings is 1. The van der Waals surface area contributed by atoms with Crippen molar-refractivity contribution >= 4 is 0 Å². The minimum atomic E-state index is -0.202. The second-order valence-corrected chi connectivity index (χ2v) is 4.42. The fourth-order valence-electron chi connectivity index (χ4n) is 1.82. The van der Waals surface area contributed by atoms with Gasteiger partial charge in [0, 0.05) is 18.8 Å². The summed E-state index contributed by atoms with van der Waals surface area (Å²) in [6, 6.07) is 10.7. The van der Waals surface area contributed by atoms with Crippen LogP contribution < -0.4 is 5.32 Å². The van der Waals surface area contributed by atoms with Gasteiger partial charge in [0.05, 0.1) is 5.69 Å². The first kappa shape index (κ1) is 12.7. The van der Waals surface area contributed by atoms with Crippen molar-refractivity contribution in [1.29, 1.82) is 0 Å². The summed E-state index contributed by atoms with van der Waals surface area (Å²) in [6.45, 7) is 4.82. The van der Waals surface area contributed by atoms with Gasteiger partial charge < -0.3 is 5.32 Å². The van der Waals surface area contributed by atoms with Crippen molar-refractivity contribution in [3.05, 3.63) is 65.2 Å². The van der Waals surface area contributed by atoms with Crippen molar-refractivity contribution in [2.75, 3.05) is 0 Å². The van der Waals surface area contributed by atoms with E-state index in [1.807, 2.05) is 19.1 Å². The summed E-state index contributed by atoms with van der Waals surface area (Å²) < 4.78 is 12.8. The molecule has 3 heteroatoms. The van der Waals surface area contributed by atoms with E-state index in [1.54, 1.807) is 18.3 Å². The molecule has 2 aromatic rings. The van der Waals surface area contributed by atoms with Gasteiger partial charge in [0.2, 0.25) is 0 Å². The molecule has 0 aliphatic heterocycles. The average Bonchev–Trinajstić information content (AvgIpc) is 2.38. The Morgan fingerprint density at radius 1 is 1.22 bits per heavy atom. The van der Waals surface area contributed by atoms with E-state index < -0.39 is 0 Å². The van der Waals surface area contributed by atoms with Gasteiger partial charge in [-0.15, -0.1) is 0 Å². The molecule has 1 N–H and O–H groups in total. The molecule has 0 aliphatic carbocycles. The van der Waals surface area contributed by atoms with E-state index >= 15 is 0 Å². The number of aryl methyl sites for hydroxylation is 1. The number of benzene rings is 1. The van der Waals surface area contributed by atoms with Crippen molar-refractivity contribution < 1.29 is 4.39 Å². The van der Waals surface area contributed by atoms with Crippen LogP contribution in [-0.4, -0.2) is 4.98 Å². The van der Waals surface area contributed by atoms with Gasteiger partial charge in [-0.05, 0) is 43.2 Å². The summed E-state index contributed by atoms with van der Waals surface area (Å²) in [5, 5.41) is 3.39. The molecule has 0 unspecified atom stereocenters. The normalized spacial score (nSPS) is 12.4. The second-order valence-electron chi connectivity index (χ2n) is 4.42. The van der Waals surface area contributed by atoms with Gasteiger partial charge in [0.1, 0.15) is 5.82 Å². The standard InChI is InChI=1S/C15H17FN2/c1-11-4-3-9-17-15(11)10-18-12(2)13-5-7-14(16)8-6-13/h3-9,12,18H,10H2,1-2H3/t12-/m0/s1. The molecule has 0 bridgehead atoms. The van der Waals surface area contributed by atoms with Crippen LogP contribution in [0, 0.1) is 12.7 Å². The summed E-state index contributed by atoms with van der Waals surface area (Å²) >= 11 is 0. The van der Waals surface area contributed by atoms with E-state index in [0.717, 1.165) is 11.3 Å². The minimum absolute atomic E-state index is 0.173. The summed E-state index contributed by atoms with van der Waals surface area (Å²) in [5.74, 6) is -0.202. The molecule has 2 rings (SSSR count). The van der Waals surface area contributed by atoms with Crippen LogP contribution in [0.1, 0.15) is 29.8 Å². The lowest BCUT2D eigenvalue weighted by Crippen LogP contribution is -2.19. The number of halogens is 1. The molecule has 0 spiro atoms. The molecule has 94 valence electrons. The predicted molar refractivity (Wildman–Crippen MR) is 70.6 cm³/mol. The topological polar surface area (TPSA) is 24.9 Å². The van der Waals surface area contributed by atoms with Crippen molar-refractivity contribution in [3.8, 4) is 0 Å². The molecule has 1 atom stereocenters. The van der Waals surface area contributed by atoms with E-state index in [-0.39, 0.29) is 11.9 Å².